The van der Waals surface area contributed by atoms with Crippen molar-refractivity contribution in [2.45, 2.75) is 45.8 Å². The standard InChI is InChI=1S/C25H26F3N3O3/c1-4-34-24(33)22(13-18-9-6-5-7-10-18)29-23(32)15-21-16(2)30-31(17(21)3)20-12-8-11-19(14-20)25(26,27)28/h5-12,14,22H,4,13,15H2,1-3H3,(H,29,32). The maximum atomic E-state index is 13.1. The third-order valence-corrected chi connectivity index (χ3v) is 5.39. The van der Waals surface area contributed by atoms with Crippen LogP contribution in [-0.4, -0.2) is 34.3 Å². The van der Waals surface area contributed by atoms with Crippen molar-refractivity contribution in [3.63, 3.8) is 0 Å². The van der Waals surface area contributed by atoms with Gasteiger partial charge in [0.25, 0.3) is 0 Å². The number of benzene rings is 2. The maximum absolute atomic E-state index is 13.1. The number of hydrogen-bond donors (Lipinski definition) is 1. The fraction of sp³-hybridized carbons (Fsp3) is 0.320. The van der Waals surface area contributed by atoms with Crippen molar-refractivity contribution in [3.05, 3.63) is 82.7 Å². The Morgan fingerprint density at radius 3 is 2.44 bits per heavy atom. The zero-order chi connectivity index (χ0) is 24.9. The van der Waals surface area contributed by atoms with E-state index in [4.69, 9.17) is 4.74 Å². The summed E-state index contributed by atoms with van der Waals surface area (Å²) < 4.78 is 45.9. The van der Waals surface area contributed by atoms with Gasteiger partial charge in [0.1, 0.15) is 6.04 Å². The van der Waals surface area contributed by atoms with E-state index < -0.39 is 29.7 Å². The number of alkyl halides is 3. The van der Waals surface area contributed by atoms with Gasteiger partial charge in [-0.25, -0.2) is 9.48 Å². The normalized spacial score (nSPS) is 12.3. The number of nitrogens with one attached hydrogen (secondary N) is 1. The van der Waals surface area contributed by atoms with Crippen molar-refractivity contribution in [1.29, 1.82) is 0 Å². The number of halogens is 3. The summed E-state index contributed by atoms with van der Waals surface area (Å²) in [7, 11) is 0. The number of hydrogen-bond acceptors (Lipinski definition) is 4. The zero-order valence-corrected chi connectivity index (χ0v) is 19.1. The molecule has 1 unspecified atom stereocenters. The minimum Gasteiger partial charge on any atom is -0.464 e. The van der Waals surface area contributed by atoms with Crippen LogP contribution in [0.5, 0.6) is 0 Å². The van der Waals surface area contributed by atoms with Crippen molar-refractivity contribution < 1.29 is 27.5 Å². The van der Waals surface area contributed by atoms with Crippen LogP contribution in [0, 0.1) is 13.8 Å². The van der Waals surface area contributed by atoms with E-state index in [1.54, 1.807) is 20.8 Å². The topological polar surface area (TPSA) is 73.2 Å². The first-order valence-corrected chi connectivity index (χ1v) is 10.8. The number of amides is 1. The fourth-order valence-corrected chi connectivity index (χ4v) is 3.69. The largest absolute Gasteiger partial charge is 0.464 e. The highest BCUT2D eigenvalue weighted by Gasteiger charge is 2.31. The van der Waals surface area contributed by atoms with Gasteiger partial charge in [-0.1, -0.05) is 36.4 Å². The van der Waals surface area contributed by atoms with Crippen LogP contribution in [0.25, 0.3) is 5.69 Å². The molecule has 0 bridgehead atoms. The quantitative estimate of drug-likeness (QED) is 0.494. The van der Waals surface area contributed by atoms with Gasteiger partial charge in [-0.05, 0) is 44.5 Å². The van der Waals surface area contributed by atoms with E-state index in [9.17, 15) is 22.8 Å². The van der Waals surface area contributed by atoms with E-state index in [0.717, 1.165) is 17.7 Å². The molecule has 1 atom stereocenters. The van der Waals surface area contributed by atoms with E-state index in [1.807, 2.05) is 30.3 Å². The zero-order valence-electron chi connectivity index (χ0n) is 19.1. The molecule has 1 N–H and O–H groups in total. The fourth-order valence-electron chi connectivity index (χ4n) is 3.69. The summed E-state index contributed by atoms with van der Waals surface area (Å²) in [6.07, 6.45) is -4.29. The van der Waals surface area contributed by atoms with Crippen LogP contribution >= 0.6 is 0 Å². The molecule has 0 aliphatic heterocycles. The Kier molecular flexibility index (Phi) is 7.75. The van der Waals surface area contributed by atoms with E-state index in [-0.39, 0.29) is 25.1 Å². The van der Waals surface area contributed by atoms with Gasteiger partial charge in [-0.2, -0.15) is 18.3 Å². The Morgan fingerprint density at radius 1 is 1.09 bits per heavy atom. The monoisotopic (exact) mass is 473 g/mol. The van der Waals surface area contributed by atoms with Gasteiger partial charge in [-0.3, -0.25) is 4.79 Å². The number of carbonyl (C=O) groups excluding carboxylic acids is 2. The Labute approximate surface area is 195 Å². The van der Waals surface area contributed by atoms with Gasteiger partial charge < -0.3 is 10.1 Å². The molecule has 3 rings (SSSR count). The van der Waals surface area contributed by atoms with Crippen molar-refractivity contribution >= 4 is 11.9 Å². The smallest absolute Gasteiger partial charge is 0.416 e. The lowest BCUT2D eigenvalue weighted by Gasteiger charge is -2.17. The van der Waals surface area contributed by atoms with Gasteiger partial charge in [0.2, 0.25) is 5.91 Å². The van der Waals surface area contributed by atoms with Crippen LogP contribution in [0.1, 0.15) is 35.0 Å². The molecule has 9 heteroatoms. The molecule has 1 amide bonds. The average molecular weight is 473 g/mol. The predicted molar refractivity (Wildman–Crippen MR) is 120 cm³/mol. The summed E-state index contributed by atoms with van der Waals surface area (Å²) >= 11 is 0. The molecule has 0 fully saturated rings. The molecule has 180 valence electrons. The van der Waals surface area contributed by atoms with Crippen LogP contribution in [-0.2, 0) is 33.3 Å². The third-order valence-electron chi connectivity index (χ3n) is 5.39. The van der Waals surface area contributed by atoms with E-state index in [2.05, 4.69) is 10.4 Å². The van der Waals surface area contributed by atoms with Crippen LogP contribution in [0.2, 0.25) is 0 Å². The van der Waals surface area contributed by atoms with Crippen LogP contribution in [0.4, 0.5) is 13.2 Å². The summed E-state index contributed by atoms with van der Waals surface area (Å²) in [6.45, 7) is 5.25. The molecule has 0 saturated heterocycles. The Morgan fingerprint density at radius 2 is 1.79 bits per heavy atom. The number of esters is 1. The lowest BCUT2D eigenvalue weighted by molar-refractivity contribution is -0.147. The molecule has 1 aromatic heterocycles. The average Bonchev–Trinajstić information content (AvgIpc) is 3.07. The molecule has 3 aromatic rings. The number of aromatic nitrogens is 2. The molecule has 0 aliphatic carbocycles. The lowest BCUT2D eigenvalue weighted by atomic mass is 10.0. The first kappa shape index (κ1) is 25.0. The lowest BCUT2D eigenvalue weighted by Crippen LogP contribution is -2.44. The van der Waals surface area contributed by atoms with Crippen molar-refractivity contribution in [2.75, 3.05) is 6.61 Å². The molecule has 0 aliphatic rings. The van der Waals surface area contributed by atoms with Gasteiger partial charge >= 0.3 is 12.1 Å². The molecule has 0 saturated carbocycles. The summed E-state index contributed by atoms with van der Waals surface area (Å²) in [4.78, 5) is 25.3. The summed E-state index contributed by atoms with van der Waals surface area (Å²) in [6, 6.07) is 13.2. The minimum absolute atomic E-state index is 0.0820. The van der Waals surface area contributed by atoms with Gasteiger partial charge in [0.05, 0.1) is 30.0 Å². The Hall–Kier alpha value is -3.62. The number of rotatable bonds is 8. The Bertz CT molecular complexity index is 1160. The van der Waals surface area contributed by atoms with Crippen molar-refractivity contribution in [3.8, 4) is 5.69 Å². The highest BCUT2D eigenvalue weighted by molar-refractivity contribution is 5.86. The number of aryl methyl sites for hydroxylation is 1. The van der Waals surface area contributed by atoms with Gasteiger partial charge in [0, 0.05) is 17.7 Å². The predicted octanol–water partition coefficient (Wildman–Crippen LogP) is 4.34. The first-order chi connectivity index (χ1) is 16.1. The van der Waals surface area contributed by atoms with Gasteiger partial charge in [0.15, 0.2) is 0 Å². The highest BCUT2D eigenvalue weighted by Crippen LogP contribution is 2.31. The van der Waals surface area contributed by atoms with Crippen molar-refractivity contribution in [1.82, 2.24) is 15.1 Å². The summed E-state index contributed by atoms with van der Waals surface area (Å²) in [5.41, 5.74) is 1.97. The second kappa shape index (κ2) is 10.5. The molecule has 0 radical (unpaired) electrons. The van der Waals surface area contributed by atoms with E-state index in [1.165, 1.54) is 16.8 Å². The van der Waals surface area contributed by atoms with Crippen LogP contribution in [0.15, 0.2) is 54.6 Å². The summed E-state index contributed by atoms with van der Waals surface area (Å²) in [5, 5.41) is 7.08. The molecule has 6 nitrogen and oxygen atoms in total. The maximum Gasteiger partial charge on any atom is 0.416 e. The first-order valence-electron chi connectivity index (χ1n) is 10.8. The SMILES string of the molecule is CCOC(=O)C(Cc1ccccc1)NC(=O)Cc1c(C)nn(-c2cccc(C(F)(F)F)c2)c1C. The molecule has 0 spiro atoms. The molecule has 2 aromatic carbocycles. The van der Waals surface area contributed by atoms with E-state index in [0.29, 0.717) is 17.0 Å². The number of nitrogens with zero attached hydrogens (tertiary/aromatic N) is 2. The van der Waals surface area contributed by atoms with Crippen LogP contribution < -0.4 is 5.32 Å². The number of carbonyl (C=O) groups is 2. The second-order valence-corrected chi connectivity index (χ2v) is 7.85. The number of ether oxygens (including phenoxy) is 1. The molecular formula is C25H26F3N3O3. The van der Waals surface area contributed by atoms with Crippen molar-refractivity contribution in [2.24, 2.45) is 0 Å². The molecular weight excluding hydrogens is 447 g/mol. The van der Waals surface area contributed by atoms with Crippen LogP contribution in [0.3, 0.4) is 0 Å². The van der Waals surface area contributed by atoms with Gasteiger partial charge in [-0.15, -0.1) is 0 Å². The second-order valence-electron chi connectivity index (χ2n) is 7.85. The molecule has 1 heterocycles. The Balaban J connectivity index is 1.80. The highest BCUT2D eigenvalue weighted by atomic mass is 19.4. The molecule has 34 heavy (non-hydrogen) atoms. The van der Waals surface area contributed by atoms with E-state index >= 15 is 0 Å². The summed E-state index contributed by atoms with van der Waals surface area (Å²) in [5.74, 6) is -0.948. The minimum atomic E-state index is -4.48. The third kappa shape index (κ3) is 6.03.